The van der Waals surface area contributed by atoms with Crippen LogP contribution in [0.1, 0.15) is 38.8 Å². The van der Waals surface area contributed by atoms with Crippen LogP contribution in [-0.4, -0.2) is 54.0 Å². The predicted octanol–water partition coefficient (Wildman–Crippen LogP) is 3.13. The Morgan fingerprint density at radius 3 is 2.40 bits per heavy atom. The zero-order chi connectivity index (χ0) is 28.8. The highest BCUT2D eigenvalue weighted by Gasteiger charge is 2.37. The number of nitrogens with one attached hydrogen (secondary N) is 5. The fraction of sp³-hybridized carbons (Fsp3) is 0.387. The smallest absolute Gasteiger partial charge is 0.247 e. The quantitative estimate of drug-likeness (QED) is 0.312. The molecule has 3 aromatic rings. The monoisotopic (exact) mass is 545 g/mol. The molecule has 9 heteroatoms. The molecule has 0 fully saturated rings. The van der Waals surface area contributed by atoms with Crippen molar-refractivity contribution in [1.29, 1.82) is 0 Å². The number of likely N-dealkylation sites (N-methyl/N-ethyl adjacent to an activating group) is 1. The zero-order valence-electron chi connectivity index (χ0n) is 23.7. The van der Waals surface area contributed by atoms with Crippen LogP contribution in [0.15, 0.2) is 60.9 Å². The van der Waals surface area contributed by atoms with Crippen molar-refractivity contribution in [3.63, 3.8) is 0 Å². The van der Waals surface area contributed by atoms with Crippen molar-refractivity contribution in [3.8, 4) is 5.75 Å². The molecule has 5 rings (SSSR count). The molecule has 9 nitrogen and oxygen atoms in total. The topological polar surface area (TPSA) is 124 Å². The molecule has 0 spiro atoms. The van der Waals surface area contributed by atoms with Crippen LogP contribution < -0.4 is 26.0 Å². The van der Waals surface area contributed by atoms with Crippen molar-refractivity contribution in [2.45, 2.75) is 58.3 Å². The molecule has 0 saturated heterocycles. The van der Waals surface area contributed by atoms with E-state index in [1.165, 1.54) is 0 Å². The standard InChI is InChI=1S/C31H39N5O4/c1-18(2)26(32-5)30(38)36-27-28(19(3)4)40-22-12-10-20(11-13-22)14-15-33-29(37)25(35-31(27)39)16-21-17-34-24-9-7-6-8-23(21)24/h6-15,17-19,25-28,32,34H,16H2,1-5H3,(H,33,37)(H,35,39)(H,36,38)/b15-14-/t25-,26-,27-,28-/m0/s1. The molecule has 2 aliphatic rings. The SMILES string of the molecule is CN[C@H](C(=O)N[C@@H]1C(=O)N[C@@H](Cc2c[nH]c3ccccc23)C(=O)N/C=C\c2ccc(cc2)O[C@H]1C(C)C)C(C)C. The van der Waals surface area contributed by atoms with Crippen LogP contribution >= 0.6 is 0 Å². The average Bonchev–Trinajstić information content (AvgIpc) is 3.33. The first-order valence-corrected chi connectivity index (χ1v) is 13.7. The van der Waals surface area contributed by atoms with Crippen molar-refractivity contribution in [2.24, 2.45) is 11.8 Å². The highest BCUT2D eigenvalue weighted by molar-refractivity contribution is 5.94. The zero-order valence-corrected chi connectivity index (χ0v) is 23.7. The summed E-state index contributed by atoms with van der Waals surface area (Å²) in [5, 5.41) is 12.7. The van der Waals surface area contributed by atoms with E-state index in [1.807, 2.05) is 82.4 Å². The number of H-pyrrole nitrogens is 1. The minimum atomic E-state index is -1.06. The summed E-state index contributed by atoms with van der Waals surface area (Å²) in [7, 11) is 1.71. The lowest BCUT2D eigenvalue weighted by Crippen LogP contribution is -2.62. The van der Waals surface area contributed by atoms with Gasteiger partial charge in [-0.1, -0.05) is 58.0 Å². The molecule has 0 aliphatic carbocycles. The Morgan fingerprint density at radius 2 is 1.73 bits per heavy atom. The van der Waals surface area contributed by atoms with Gasteiger partial charge in [-0.15, -0.1) is 0 Å². The molecule has 2 aliphatic heterocycles. The summed E-state index contributed by atoms with van der Waals surface area (Å²) in [5.74, 6) is -0.757. The number of rotatable bonds is 7. The third-order valence-corrected chi connectivity index (χ3v) is 7.21. The molecule has 4 atom stereocenters. The Hall–Kier alpha value is -4.11. The third kappa shape index (κ3) is 6.71. The van der Waals surface area contributed by atoms with Gasteiger partial charge in [-0.3, -0.25) is 14.4 Å². The maximum atomic E-state index is 14.0. The Kier molecular flexibility index (Phi) is 9.26. The van der Waals surface area contributed by atoms with Crippen molar-refractivity contribution in [3.05, 3.63) is 72.1 Å². The lowest BCUT2D eigenvalue weighted by molar-refractivity contribution is -0.135. The van der Waals surface area contributed by atoms with E-state index < -0.39 is 30.1 Å². The van der Waals surface area contributed by atoms with E-state index in [0.29, 0.717) is 5.75 Å². The summed E-state index contributed by atoms with van der Waals surface area (Å²) in [6, 6.07) is 12.7. The van der Waals surface area contributed by atoms with Gasteiger partial charge in [0.2, 0.25) is 17.7 Å². The fourth-order valence-electron chi connectivity index (χ4n) is 5.02. The minimum absolute atomic E-state index is 0.00952. The first-order valence-electron chi connectivity index (χ1n) is 13.7. The first kappa shape index (κ1) is 28.9. The molecule has 0 unspecified atom stereocenters. The molecular formula is C31H39N5O4. The van der Waals surface area contributed by atoms with Crippen molar-refractivity contribution < 1.29 is 19.1 Å². The molecular weight excluding hydrogens is 506 g/mol. The molecule has 2 bridgehead atoms. The summed E-state index contributed by atoms with van der Waals surface area (Å²) >= 11 is 0. The van der Waals surface area contributed by atoms with Crippen molar-refractivity contribution in [2.75, 3.05) is 7.05 Å². The van der Waals surface area contributed by atoms with Crippen LogP contribution in [0.4, 0.5) is 0 Å². The van der Waals surface area contributed by atoms with Gasteiger partial charge < -0.3 is 31.0 Å². The highest BCUT2D eigenvalue weighted by atomic mass is 16.5. The Morgan fingerprint density at radius 1 is 1.00 bits per heavy atom. The van der Waals surface area contributed by atoms with Crippen LogP contribution in [0.2, 0.25) is 0 Å². The molecule has 212 valence electrons. The second kappa shape index (κ2) is 12.8. The number of aromatic nitrogens is 1. The fourth-order valence-corrected chi connectivity index (χ4v) is 5.02. The number of para-hydroxylation sites is 1. The summed E-state index contributed by atoms with van der Waals surface area (Å²) in [6.07, 6.45) is 4.75. The van der Waals surface area contributed by atoms with Gasteiger partial charge in [0.25, 0.3) is 0 Å². The van der Waals surface area contributed by atoms with E-state index in [4.69, 9.17) is 4.74 Å². The van der Waals surface area contributed by atoms with Crippen LogP contribution in [0.5, 0.6) is 5.75 Å². The molecule has 3 amide bonds. The number of aromatic amines is 1. The van der Waals surface area contributed by atoms with Crippen LogP contribution in [0.25, 0.3) is 17.0 Å². The van der Waals surface area contributed by atoms with E-state index >= 15 is 0 Å². The van der Waals surface area contributed by atoms with Crippen molar-refractivity contribution >= 4 is 34.7 Å². The molecule has 0 saturated carbocycles. The van der Waals surface area contributed by atoms with Gasteiger partial charge in [0, 0.05) is 29.7 Å². The van der Waals surface area contributed by atoms with Gasteiger partial charge in [0.1, 0.15) is 23.9 Å². The van der Waals surface area contributed by atoms with Crippen LogP contribution in [-0.2, 0) is 20.8 Å². The lowest BCUT2D eigenvalue weighted by atomic mass is 9.96. The predicted molar refractivity (Wildman–Crippen MR) is 156 cm³/mol. The van der Waals surface area contributed by atoms with E-state index in [-0.39, 0.29) is 30.1 Å². The number of carbonyl (C=O) groups excluding carboxylic acids is 3. The molecule has 5 N–H and O–H groups in total. The first-order chi connectivity index (χ1) is 19.2. The molecule has 40 heavy (non-hydrogen) atoms. The van der Waals surface area contributed by atoms with Gasteiger partial charge in [-0.2, -0.15) is 0 Å². The second-order valence-electron chi connectivity index (χ2n) is 10.9. The summed E-state index contributed by atoms with van der Waals surface area (Å²) < 4.78 is 6.33. The van der Waals surface area contributed by atoms with Gasteiger partial charge in [0.05, 0.1) is 6.04 Å². The number of fused-ring (bicyclic) bond motifs is 11. The summed E-state index contributed by atoms with van der Waals surface area (Å²) in [4.78, 5) is 44.0. The van der Waals surface area contributed by atoms with Crippen LogP contribution in [0, 0.1) is 11.8 Å². The lowest BCUT2D eigenvalue weighted by Gasteiger charge is -2.33. The highest BCUT2D eigenvalue weighted by Crippen LogP contribution is 2.22. The van der Waals surface area contributed by atoms with E-state index in [0.717, 1.165) is 22.0 Å². The van der Waals surface area contributed by atoms with E-state index in [1.54, 1.807) is 19.3 Å². The molecule has 3 heterocycles. The second-order valence-corrected chi connectivity index (χ2v) is 10.9. The number of hydrogen-bond donors (Lipinski definition) is 5. The van der Waals surface area contributed by atoms with Crippen LogP contribution in [0.3, 0.4) is 0 Å². The number of benzene rings is 2. The largest absolute Gasteiger partial charge is 0.487 e. The Balaban J connectivity index is 1.73. The number of carbonyl (C=O) groups is 3. The van der Waals surface area contributed by atoms with Crippen molar-refractivity contribution in [1.82, 2.24) is 26.3 Å². The van der Waals surface area contributed by atoms with Gasteiger partial charge in [-0.25, -0.2) is 0 Å². The van der Waals surface area contributed by atoms with Gasteiger partial charge in [0.15, 0.2) is 0 Å². The molecule has 0 radical (unpaired) electrons. The van der Waals surface area contributed by atoms with Gasteiger partial charge in [-0.05, 0) is 54.3 Å². The average molecular weight is 546 g/mol. The number of amides is 3. The maximum absolute atomic E-state index is 14.0. The number of hydrogen-bond acceptors (Lipinski definition) is 5. The molecule has 1 aromatic heterocycles. The Bertz CT molecular complexity index is 1360. The minimum Gasteiger partial charge on any atom is -0.487 e. The Labute approximate surface area is 235 Å². The third-order valence-electron chi connectivity index (χ3n) is 7.21. The van der Waals surface area contributed by atoms with E-state index in [9.17, 15) is 14.4 Å². The number of ether oxygens (including phenoxy) is 1. The normalized spacial score (nSPS) is 21.4. The summed E-state index contributed by atoms with van der Waals surface area (Å²) in [6.45, 7) is 7.74. The van der Waals surface area contributed by atoms with Gasteiger partial charge >= 0.3 is 0 Å². The summed E-state index contributed by atoms with van der Waals surface area (Å²) in [5.41, 5.74) is 2.71. The molecule has 2 aromatic carbocycles. The maximum Gasteiger partial charge on any atom is 0.247 e. The van der Waals surface area contributed by atoms with E-state index in [2.05, 4.69) is 26.3 Å².